The van der Waals surface area contributed by atoms with Crippen LogP contribution in [0.3, 0.4) is 0 Å². The zero-order valence-corrected chi connectivity index (χ0v) is 17.8. The SMILES string of the molecule is C/C(=N\Nc1nnc(SCC(=O)Nc2ccccc2C)n1N)c1ccc2c(c1)OCO2. The van der Waals surface area contributed by atoms with E-state index in [9.17, 15) is 4.79 Å². The lowest BCUT2D eigenvalue weighted by atomic mass is 10.1. The Morgan fingerprint density at radius 3 is 2.87 bits per heavy atom. The van der Waals surface area contributed by atoms with Gasteiger partial charge in [-0.1, -0.05) is 30.0 Å². The predicted octanol–water partition coefficient (Wildman–Crippen LogP) is 2.60. The number of hydrogen-bond donors (Lipinski definition) is 3. The van der Waals surface area contributed by atoms with Crippen molar-refractivity contribution in [3.05, 3.63) is 53.6 Å². The van der Waals surface area contributed by atoms with Gasteiger partial charge in [0.05, 0.1) is 11.5 Å². The van der Waals surface area contributed by atoms with Gasteiger partial charge in [0.15, 0.2) is 11.5 Å². The van der Waals surface area contributed by atoms with Crippen molar-refractivity contribution in [3.8, 4) is 11.5 Å². The number of anilines is 2. The number of carbonyl (C=O) groups is 1. The third-order valence-corrected chi connectivity index (χ3v) is 5.47. The van der Waals surface area contributed by atoms with E-state index in [1.165, 1.54) is 16.4 Å². The van der Waals surface area contributed by atoms with Crippen molar-refractivity contribution in [1.82, 2.24) is 14.9 Å². The van der Waals surface area contributed by atoms with Gasteiger partial charge < -0.3 is 20.6 Å². The van der Waals surface area contributed by atoms with Gasteiger partial charge in [0.1, 0.15) is 0 Å². The summed E-state index contributed by atoms with van der Waals surface area (Å²) < 4.78 is 12.0. The standard InChI is InChI=1S/C20H21N7O3S/c1-12-5-3-4-6-15(12)22-18(28)10-31-20-26-25-19(27(20)21)24-23-13(2)14-7-8-16-17(9-14)30-11-29-16/h3-9H,10-11,21H2,1-2H3,(H,22,28)(H,24,25)/b23-13+. The van der Waals surface area contributed by atoms with Crippen molar-refractivity contribution in [1.29, 1.82) is 0 Å². The zero-order chi connectivity index (χ0) is 21.8. The maximum Gasteiger partial charge on any atom is 0.264 e. The molecule has 0 spiro atoms. The summed E-state index contributed by atoms with van der Waals surface area (Å²) >= 11 is 1.18. The minimum atomic E-state index is -0.159. The number of nitrogens with one attached hydrogen (secondary N) is 2. The minimum Gasteiger partial charge on any atom is -0.454 e. The molecule has 160 valence electrons. The second-order valence-electron chi connectivity index (χ2n) is 6.71. The Morgan fingerprint density at radius 2 is 2.03 bits per heavy atom. The Hall–Kier alpha value is -3.73. The highest BCUT2D eigenvalue weighted by Gasteiger charge is 2.15. The number of thioether (sulfide) groups is 1. The maximum atomic E-state index is 12.2. The fourth-order valence-corrected chi connectivity index (χ4v) is 3.46. The Labute approximate surface area is 182 Å². The molecule has 0 atom stereocenters. The molecule has 11 heteroatoms. The molecule has 0 bridgehead atoms. The van der Waals surface area contributed by atoms with Gasteiger partial charge in [0.2, 0.25) is 17.9 Å². The van der Waals surface area contributed by atoms with E-state index in [0.717, 1.165) is 16.8 Å². The van der Waals surface area contributed by atoms with Crippen LogP contribution in [0.5, 0.6) is 11.5 Å². The first kappa shape index (κ1) is 20.5. The summed E-state index contributed by atoms with van der Waals surface area (Å²) in [6, 6.07) is 13.1. The molecule has 0 aliphatic carbocycles. The van der Waals surface area contributed by atoms with E-state index >= 15 is 0 Å². The average molecular weight is 440 g/mol. The van der Waals surface area contributed by atoms with E-state index < -0.39 is 0 Å². The average Bonchev–Trinajstić information content (AvgIpc) is 3.38. The lowest BCUT2D eigenvalue weighted by Crippen LogP contribution is -2.17. The molecule has 1 aliphatic rings. The lowest BCUT2D eigenvalue weighted by Gasteiger charge is -2.08. The summed E-state index contributed by atoms with van der Waals surface area (Å²) in [7, 11) is 0. The third kappa shape index (κ3) is 4.72. The normalized spacial score (nSPS) is 12.6. The zero-order valence-electron chi connectivity index (χ0n) is 17.0. The van der Waals surface area contributed by atoms with E-state index in [4.69, 9.17) is 15.3 Å². The number of amides is 1. The number of ether oxygens (including phenoxy) is 2. The molecule has 1 aliphatic heterocycles. The van der Waals surface area contributed by atoms with E-state index in [1.807, 2.05) is 56.3 Å². The van der Waals surface area contributed by atoms with Gasteiger partial charge in [-0.3, -0.25) is 4.79 Å². The summed E-state index contributed by atoms with van der Waals surface area (Å²) in [5, 5.41) is 15.6. The number of hydrazone groups is 1. The highest BCUT2D eigenvalue weighted by molar-refractivity contribution is 7.99. The molecule has 10 nitrogen and oxygen atoms in total. The number of carbonyl (C=O) groups excluding carboxylic acids is 1. The Balaban J connectivity index is 1.35. The van der Waals surface area contributed by atoms with Crippen LogP contribution in [-0.2, 0) is 4.79 Å². The fourth-order valence-electron chi connectivity index (χ4n) is 2.80. The Kier molecular flexibility index (Phi) is 5.94. The summed E-state index contributed by atoms with van der Waals surface area (Å²) in [5.41, 5.74) is 6.13. The summed E-state index contributed by atoms with van der Waals surface area (Å²) in [6.45, 7) is 3.99. The molecule has 2 heterocycles. The molecule has 1 amide bonds. The highest BCUT2D eigenvalue weighted by Crippen LogP contribution is 2.32. The number of benzene rings is 2. The molecule has 0 saturated carbocycles. The Bertz CT molecular complexity index is 1150. The smallest absolute Gasteiger partial charge is 0.264 e. The topological polar surface area (TPSA) is 129 Å². The van der Waals surface area contributed by atoms with Crippen LogP contribution in [0.4, 0.5) is 11.6 Å². The Morgan fingerprint density at radius 1 is 1.23 bits per heavy atom. The van der Waals surface area contributed by atoms with Crippen LogP contribution < -0.4 is 26.1 Å². The first-order valence-corrected chi connectivity index (χ1v) is 10.4. The van der Waals surface area contributed by atoms with E-state index in [0.29, 0.717) is 22.4 Å². The van der Waals surface area contributed by atoms with E-state index in [-0.39, 0.29) is 24.4 Å². The third-order valence-electron chi connectivity index (χ3n) is 4.53. The van der Waals surface area contributed by atoms with Crippen LogP contribution in [0.2, 0.25) is 0 Å². The van der Waals surface area contributed by atoms with Crippen LogP contribution in [0, 0.1) is 6.92 Å². The molecule has 2 aromatic carbocycles. The number of nitrogens with two attached hydrogens (primary N) is 1. The molecule has 4 N–H and O–H groups in total. The monoisotopic (exact) mass is 439 g/mol. The first-order chi connectivity index (χ1) is 15.0. The minimum absolute atomic E-state index is 0.142. The van der Waals surface area contributed by atoms with Crippen LogP contribution in [-0.4, -0.2) is 39.0 Å². The first-order valence-electron chi connectivity index (χ1n) is 9.40. The number of fused-ring (bicyclic) bond motifs is 1. The van der Waals surface area contributed by atoms with Crippen LogP contribution >= 0.6 is 11.8 Å². The largest absolute Gasteiger partial charge is 0.454 e. The second kappa shape index (κ2) is 8.96. The maximum absolute atomic E-state index is 12.2. The molecule has 3 aromatic rings. The van der Waals surface area contributed by atoms with Crippen molar-refractivity contribution in [3.63, 3.8) is 0 Å². The van der Waals surface area contributed by atoms with Gasteiger partial charge >= 0.3 is 0 Å². The van der Waals surface area contributed by atoms with Crippen LogP contribution in [0.15, 0.2) is 52.7 Å². The number of para-hydroxylation sites is 1. The van der Waals surface area contributed by atoms with Gasteiger partial charge in [-0.15, -0.1) is 10.2 Å². The van der Waals surface area contributed by atoms with Gasteiger partial charge in [-0.2, -0.15) is 5.10 Å². The number of aromatic nitrogens is 3. The highest BCUT2D eigenvalue weighted by atomic mass is 32.2. The molecular weight excluding hydrogens is 418 g/mol. The number of nitrogens with zero attached hydrogens (tertiary/aromatic N) is 4. The van der Waals surface area contributed by atoms with Crippen molar-refractivity contribution >= 4 is 35.0 Å². The molecule has 0 fully saturated rings. The molecule has 31 heavy (non-hydrogen) atoms. The molecule has 1 aromatic heterocycles. The van der Waals surface area contributed by atoms with Crippen molar-refractivity contribution in [2.24, 2.45) is 5.10 Å². The van der Waals surface area contributed by atoms with Crippen LogP contribution in [0.1, 0.15) is 18.1 Å². The molecule has 0 unspecified atom stereocenters. The number of rotatable bonds is 7. The quantitative estimate of drug-likeness (QED) is 0.222. The van der Waals surface area contributed by atoms with Gasteiger partial charge in [-0.25, -0.2) is 10.1 Å². The number of aryl methyl sites for hydroxylation is 1. The van der Waals surface area contributed by atoms with Gasteiger partial charge in [0, 0.05) is 11.3 Å². The predicted molar refractivity (Wildman–Crippen MR) is 119 cm³/mol. The number of hydrogen-bond acceptors (Lipinski definition) is 9. The summed E-state index contributed by atoms with van der Waals surface area (Å²) in [4.78, 5) is 12.2. The van der Waals surface area contributed by atoms with Gasteiger partial charge in [-0.05, 0) is 43.7 Å². The van der Waals surface area contributed by atoms with Crippen molar-refractivity contribution in [2.75, 3.05) is 29.1 Å². The second-order valence-corrected chi connectivity index (χ2v) is 7.65. The fraction of sp³-hybridized carbons (Fsp3) is 0.200. The summed E-state index contributed by atoms with van der Waals surface area (Å²) in [6.07, 6.45) is 0. The number of nitrogen functional groups attached to an aromatic ring is 1. The van der Waals surface area contributed by atoms with Crippen LogP contribution in [0.25, 0.3) is 0 Å². The van der Waals surface area contributed by atoms with E-state index in [2.05, 4.69) is 26.0 Å². The van der Waals surface area contributed by atoms with Gasteiger partial charge in [0.25, 0.3) is 5.95 Å². The molecule has 0 saturated heterocycles. The van der Waals surface area contributed by atoms with Crippen molar-refractivity contribution in [2.45, 2.75) is 19.0 Å². The molecular formula is C20H21N7O3S. The van der Waals surface area contributed by atoms with Crippen molar-refractivity contribution < 1.29 is 14.3 Å². The lowest BCUT2D eigenvalue weighted by molar-refractivity contribution is -0.113. The summed E-state index contributed by atoms with van der Waals surface area (Å²) in [5.74, 6) is 7.66. The van der Waals surface area contributed by atoms with E-state index in [1.54, 1.807) is 0 Å². The molecule has 4 rings (SSSR count). The molecule has 0 radical (unpaired) electrons.